The monoisotopic (exact) mass is 410 g/mol. The van der Waals surface area contributed by atoms with Gasteiger partial charge in [0.1, 0.15) is 29.5 Å². The Labute approximate surface area is 160 Å². The Bertz CT molecular complexity index is 705. The van der Waals surface area contributed by atoms with Gasteiger partial charge in [-0.15, -0.1) is 0 Å². The number of carbonyl (C=O) groups is 1. The predicted octanol–water partition coefficient (Wildman–Crippen LogP) is 0.740. The second kappa shape index (κ2) is 9.46. The molecule has 0 saturated carbocycles. The molecule has 3 rings (SSSR count). The molecule has 3 aromatic rings. The van der Waals surface area contributed by atoms with Gasteiger partial charge < -0.3 is 17.0 Å². The Kier molecular flexibility index (Phi) is 7.31. The van der Waals surface area contributed by atoms with Crippen LogP contribution >= 0.6 is 7.26 Å². The summed E-state index contributed by atoms with van der Waals surface area (Å²) in [5, 5.41) is 3.99. The van der Waals surface area contributed by atoms with Crippen LogP contribution in [0.2, 0.25) is 0 Å². The molecule has 0 aliphatic carbocycles. The first-order valence-corrected chi connectivity index (χ1v) is 10.0. The van der Waals surface area contributed by atoms with Crippen molar-refractivity contribution >= 4 is 29.5 Å². The Hall–Kier alpha value is -2.02. The van der Waals surface area contributed by atoms with Crippen LogP contribution in [0.4, 0.5) is 0 Å². The fraction of sp³-hybridized carbons (Fsp3) is 0.0455. The van der Waals surface area contributed by atoms with Crippen LogP contribution in [0.3, 0.4) is 0 Å². The summed E-state index contributed by atoms with van der Waals surface area (Å²) in [6.07, 6.45) is 5.32. The highest BCUT2D eigenvalue weighted by molar-refractivity contribution is 7.95. The number of benzene rings is 3. The number of hydrogen-bond acceptors (Lipinski definition) is 1. The number of aldehydes is 1. The molecule has 3 heteroatoms. The third-order valence-corrected chi connectivity index (χ3v) is 8.48. The maximum atomic E-state index is 10.8. The average molecular weight is 411 g/mol. The summed E-state index contributed by atoms with van der Waals surface area (Å²) in [4.78, 5) is 10.8. The number of halogens is 1. The molecule has 1 nitrogen and oxygen atoms in total. The first kappa shape index (κ1) is 19.3. The summed E-state index contributed by atoms with van der Waals surface area (Å²) >= 11 is 0. The van der Waals surface area contributed by atoms with E-state index in [9.17, 15) is 4.79 Å². The summed E-state index contributed by atoms with van der Waals surface area (Å²) in [6.45, 7) is 0. The number of hydrogen-bond donors (Lipinski definition) is 0. The normalized spacial score (nSPS) is 11.0. The summed E-state index contributed by atoms with van der Waals surface area (Å²) in [6, 6.07) is 32.0. The van der Waals surface area contributed by atoms with Gasteiger partial charge in [0.05, 0.1) is 6.16 Å². The van der Waals surface area contributed by atoms with E-state index < -0.39 is 7.26 Å². The van der Waals surface area contributed by atoms with Crippen LogP contribution in [0.5, 0.6) is 0 Å². The van der Waals surface area contributed by atoms with Gasteiger partial charge >= 0.3 is 0 Å². The lowest BCUT2D eigenvalue weighted by molar-refractivity contribution is -0.104. The maximum absolute atomic E-state index is 10.8. The van der Waals surface area contributed by atoms with Crippen molar-refractivity contribution in [2.24, 2.45) is 0 Å². The molecule has 0 atom stereocenters. The van der Waals surface area contributed by atoms with E-state index in [-0.39, 0.29) is 17.0 Å². The van der Waals surface area contributed by atoms with Crippen LogP contribution in [0.1, 0.15) is 0 Å². The van der Waals surface area contributed by atoms with Gasteiger partial charge in [0.25, 0.3) is 0 Å². The van der Waals surface area contributed by atoms with E-state index in [1.807, 2.05) is 6.08 Å². The number of carbonyl (C=O) groups excluding carboxylic acids is 1. The highest BCUT2D eigenvalue weighted by Crippen LogP contribution is 2.55. The second-order valence-corrected chi connectivity index (χ2v) is 9.10. The lowest BCUT2D eigenvalue weighted by atomic mass is 10.4. The second-order valence-electron chi connectivity index (χ2n) is 5.56. The molecule has 0 aliphatic heterocycles. The molecule has 0 N–H and O–H groups in total. The van der Waals surface area contributed by atoms with Crippen molar-refractivity contribution in [1.29, 1.82) is 0 Å². The molecule has 0 amide bonds. The molecular formula is C22H20BrOP. The first-order chi connectivity index (χ1) is 11.9. The lowest BCUT2D eigenvalue weighted by Gasteiger charge is -2.26. The van der Waals surface area contributed by atoms with Crippen LogP contribution < -0.4 is 32.9 Å². The molecule has 0 fully saturated rings. The summed E-state index contributed by atoms with van der Waals surface area (Å²) in [5.74, 6) is 0. The van der Waals surface area contributed by atoms with Gasteiger partial charge in [-0.1, -0.05) is 54.6 Å². The van der Waals surface area contributed by atoms with E-state index in [1.165, 1.54) is 15.9 Å². The average Bonchev–Trinajstić information content (AvgIpc) is 2.68. The van der Waals surface area contributed by atoms with Gasteiger partial charge in [-0.25, -0.2) is 0 Å². The lowest BCUT2D eigenvalue weighted by Crippen LogP contribution is -3.00. The molecule has 0 aromatic heterocycles. The molecule has 0 bridgehead atoms. The van der Waals surface area contributed by atoms with Crippen molar-refractivity contribution in [3.63, 3.8) is 0 Å². The van der Waals surface area contributed by atoms with E-state index in [2.05, 4.69) is 91.0 Å². The Morgan fingerprint density at radius 3 is 1.32 bits per heavy atom. The van der Waals surface area contributed by atoms with E-state index in [0.717, 1.165) is 12.4 Å². The quantitative estimate of drug-likeness (QED) is 0.332. The zero-order chi connectivity index (χ0) is 16.7. The topological polar surface area (TPSA) is 17.1 Å². The first-order valence-electron chi connectivity index (χ1n) is 8.03. The van der Waals surface area contributed by atoms with E-state index in [4.69, 9.17) is 0 Å². The Morgan fingerprint density at radius 1 is 0.640 bits per heavy atom. The smallest absolute Gasteiger partial charge is 0.142 e. The highest BCUT2D eigenvalue weighted by atomic mass is 79.9. The van der Waals surface area contributed by atoms with E-state index >= 15 is 0 Å². The fourth-order valence-corrected chi connectivity index (χ4v) is 7.09. The molecule has 126 valence electrons. The summed E-state index contributed by atoms with van der Waals surface area (Å²) in [5.41, 5.74) is 0. The number of rotatable bonds is 6. The van der Waals surface area contributed by atoms with E-state index in [1.54, 1.807) is 6.08 Å². The van der Waals surface area contributed by atoms with Crippen molar-refractivity contribution < 1.29 is 21.8 Å². The Morgan fingerprint density at radius 2 is 1.00 bits per heavy atom. The van der Waals surface area contributed by atoms with Gasteiger partial charge in [-0.3, -0.25) is 4.79 Å². The molecule has 0 aliphatic rings. The van der Waals surface area contributed by atoms with Crippen molar-refractivity contribution in [3.8, 4) is 0 Å². The van der Waals surface area contributed by atoms with Gasteiger partial charge in [-0.2, -0.15) is 0 Å². The van der Waals surface area contributed by atoms with Gasteiger partial charge in [0.2, 0.25) is 0 Å². The zero-order valence-electron chi connectivity index (χ0n) is 13.8. The van der Waals surface area contributed by atoms with Crippen LogP contribution in [0.15, 0.2) is 103 Å². The molecule has 25 heavy (non-hydrogen) atoms. The predicted molar refractivity (Wildman–Crippen MR) is 105 cm³/mol. The van der Waals surface area contributed by atoms with Crippen LogP contribution in [-0.2, 0) is 4.79 Å². The van der Waals surface area contributed by atoms with E-state index in [0.29, 0.717) is 0 Å². The molecule has 0 radical (unpaired) electrons. The molecule has 0 heterocycles. The molecule has 0 saturated heterocycles. The number of allylic oxidation sites excluding steroid dienone is 2. The minimum Gasteiger partial charge on any atom is -1.00 e. The van der Waals surface area contributed by atoms with Gasteiger partial charge in [0.15, 0.2) is 0 Å². The minimum atomic E-state index is -1.83. The zero-order valence-corrected chi connectivity index (χ0v) is 16.3. The molecule has 3 aromatic carbocycles. The third-order valence-electron chi connectivity index (χ3n) is 4.18. The van der Waals surface area contributed by atoms with Crippen molar-refractivity contribution in [3.05, 3.63) is 103 Å². The SMILES string of the molecule is O=CC=CC[P+](c1ccccc1)(c1ccccc1)c1ccccc1.[Br-]. The largest absolute Gasteiger partial charge is 1.00 e. The fourth-order valence-electron chi connectivity index (χ4n) is 3.09. The van der Waals surface area contributed by atoms with Gasteiger partial charge in [0, 0.05) is 0 Å². The van der Waals surface area contributed by atoms with Crippen molar-refractivity contribution in [2.75, 3.05) is 6.16 Å². The van der Waals surface area contributed by atoms with Crippen LogP contribution in [-0.4, -0.2) is 12.4 Å². The van der Waals surface area contributed by atoms with Crippen molar-refractivity contribution in [2.45, 2.75) is 0 Å². The van der Waals surface area contributed by atoms with Crippen LogP contribution in [0, 0.1) is 0 Å². The third kappa shape index (κ3) is 4.15. The summed E-state index contributed by atoms with van der Waals surface area (Å²) < 4.78 is 0. The molecular weight excluding hydrogens is 391 g/mol. The minimum absolute atomic E-state index is 0. The van der Waals surface area contributed by atoms with Gasteiger partial charge in [-0.05, 0) is 48.6 Å². The molecule has 0 unspecified atom stereocenters. The summed E-state index contributed by atoms with van der Waals surface area (Å²) in [7, 11) is -1.83. The molecule has 0 spiro atoms. The van der Waals surface area contributed by atoms with Crippen LogP contribution in [0.25, 0.3) is 0 Å². The highest BCUT2D eigenvalue weighted by Gasteiger charge is 2.43. The Balaban J connectivity index is 0.00000225. The standard InChI is InChI=1S/C22H20OP.BrH/c23-18-10-11-19-24(20-12-4-1-5-13-20,21-14-6-2-7-15-21)22-16-8-3-9-17-22;/h1-18H,19H2;1H/q+1;/p-1. The van der Waals surface area contributed by atoms with Crippen molar-refractivity contribution in [1.82, 2.24) is 0 Å². The maximum Gasteiger partial charge on any atom is 0.142 e.